The summed E-state index contributed by atoms with van der Waals surface area (Å²) in [6.45, 7) is 6.12. The van der Waals surface area contributed by atoms with Crippen LogP contribution >= 0.6 is 0 Å². The lowest BCUT2D eigenvalue weighted by Gasteiger charge is -2.18. The summed E-state index contributed by atoms with van der Waals surface area (Å²) >= 11 is 0. The highest BCUT2D eigenvalue weighted by atomic mass is 16.1. The summed E-state index contributed by atoms with van der Waals surface area (Å²) in [6.07, 6.45) is 5.38. The third kappa shape index (κ3) is 3.66. The topological polar surface area (TPSA) is 59.8 Å². The fourth-order valence-corrected chi connectivity index (χ4v) is 3.26. The Hall–Kier alpha value is -2.17. The highest BCUT2D eigenvalue weighted by molar-refractivity contribution is 5.76. The van der Waals surface area contributed by atoms with Crippen LogP contribution in [0.15, 0.2) is 18.3 Å². The number of pyridine rings is 1. The van der Waals surface area contributed by atoms with E-state index in [1.807, 2.05) is 30.9 Å². The number of carbonyl (C=O) groups excluding carboxylic acids is 1. The molecule has 0 aliphatic heterocycles. The van der Waals surface area contributed by atoms with Gasteiger partial charge in [0.1, 0.15) is 0 Å². The molecule has 2 aromatic heterocycles. The largest absolute Gasteiger partial charge is 0.347 e. The molecule has 24 heavy (non-hydrogen) atoms. The van der Waals surface area contributed by atoms with Crippen LogP contribution < -0.4 is 5.32 Å². The summed E-state index contributed by atoms with van der Waals surface area (Å²) in [6, 6.07) is 4.12. The predicted molar refractivity (Wildman–Crippen MR) is 93.6 cm³/mol. The van der Waals surface area contributed by atoms with Gasteiger partial charge in [-0.3, -0.25) is 14.5 Å². The molecule has 2 heterocycles. The molecule has 0 aromatic carbocycles. The smallest absolute Gasteiger partial charge is 0.220 e. The van der Waals surface area contributed by atoms with Gasteiger partial charge in [-0.15, -0.1) is 0 Å². The number of amides is 1. The highest BCUT2D eigenvalue weighted by Crippen LogP contribution is 2.40. The van der Waals surface area contributed by atoms with Crippen molar-refractivity contribution in [1.82, 2.24) is 20.1 Å². The third-order valence-electron chi connectivity index (χ3n) is 4.93. The molecule has 2 aromatic rings. The molecule has 1 fully saturated rings. The van der Waals surface area contributed by atoms with E-state index < -0.39 is 0 Å². The predicted octanol–water partition coefficient (Wildman–Crippen LogP) is 2.94. The first-order chi connectivity index (χ1) is 11.5. The van der Waals surface area contributed by atoms with E-state index in [1.54, 1.807) is 0 Å². The van der Waals surface area contributed by atoms with Gasteiger partial charge in [0.25, 0.3) is 0 Å². The van der Waals surface area contributed by atoms with Gasteiger partial charge in [-0.05, 0) is 69.2 Å². The summed E-state index contributed by atoms with van der Waals surface area (Å²) in [5.41, 5.74) is 5.51. The summed E-state index contributed by atoms with van der Waals surface area (Å²) in [7, 11) is 1.94. The summed E-state index contributed by atoms with van der Waals surface area (Å²) in [5, 5.41) is 7.63. The minimum atomic E-state index is 0.0495. The number of nitrogens with zero attached hydrogens (tertiary/aromatic N) is 3. The average molecular weight is 326 g/mol. The van der Waals surface area contributed by atoms with Crippen LogP contribution in [0.1, 0.15) is 53.5 Å². The molecule has 5 heteroatoms. The van der Waals surface area contributed by atoms with Gasteiger partial charge in [-0.25, -0.2) is 0 Å². The van der Waals surface area contributed by atoms with E-state index >= 15 is 0 Å². The Morgan fingerprint density at radius 3 is 2.71 bits per heavy atom. The molecule has 5 nitrogen and oxygen atoms in total. The molecule has 0 bridgehead atoms. The molecule has 1 atom stereocenters. The van der Waals surface area contributed by atoms with E-state index in [2.05, 4.69) is 35.3 Å². The second kappa shape index (κ2) is 6.75. The van der Waals surface area contributed by atoms with Crippen molar-refractivity contribution in [2.75, 3.05) is 0 Å². The number of aromatic nitrogens is 3. The fourth-order valence-electron chi connectivity index (χ4n) is 3.26. The van der Waals surface area contributed by atoms with Gasteiger partial charge in [0.15, 0.2) is 0 Å². The lowest BCUT2D eigenvalue weighted by atomic mass is 10.0. The first-order valence-corrected chi connectivity index (χ1v) is 8.66. The van der Waals surface area contributed by atoms with Crippen molar-refractivity contribution >= 4 is 5.91 Å². The van der Waals surface area contributed by atoms with Crippen molar-refractivity contribution in [1.29, 1.82) is 0 Å². The number of hydrogen-bond donors (Lipinski definition) is 1. The zero-order valence-electron chi connectivity index (χ0n) is 15.0. The molecular formula is C19H26N4O. The van der Waals surface area contributed by atoms with Crippen LogP contribution in [0.2, 0.25) is 0 Å². The van der Waals surface area contributed by atoms with E-state index in [0.29, 0.717) is 12.3 Å². The second-order valence-electron chi connectivity index (χ2n) is 6.91. The second-order valence-corrected chi connectivity index (χ2v) is 6.91. The van der Waals surface area contributed by atoms with Gasteiger partial charge in [-0.1, -0.05) is 0 Å². The van der Waals surface area contributed by atoms with E-state index in [-0.39, 0.29) is 11.9 Å². The number of rotatable bonds is 6. The van der Waals surface area contributed by atoms with Crippen molar-refractivity contribution in [3.05, 3.63) is 46.5 Å². The maximum absolute atomic E-state index is 12.5. The Labute approximate surface area is 143 Å². The van der Waals surface area contributed by atoms with Crippen molar-refractivity contribution < 1.29 is 4.79 Å². The minimum Gasteiger partial charge on any atom is -0.347 e. The molecule has 1 N–H and O–H groups in total. The van der Waals surface area contributed by atoms with E-state index in [4.69, 9.17) is 0 Å². The van der Waals surface area contributed by atoms with Crippen molar-refractivity contribution in [2.45, 2.75) is 52.5 Å². The third-order valence-corrected chi connectivity index (χ3v) is 4.93. The van der Waals surface area contributed by atoms with Gasteiger partial charge in [-0.2, -0.15) is 5.10 Å². The van der Waals surface area contributed by atoms with Gasteiger partial charge >= 0.3 is 0 Å². The van der Waals surface area contributed by atoms with Gasteiger partial charge in [0.05, 0.1) is 17.4 Å². The number of hydrogen-bond acceptors (Lipinski definition) is 3. The SMILES string of the molecule is Cc1ccnc(C(NC(=O)CCc2c(C)nn(C)c2C)C2CC2)c1. The summed E-state index contributed by atoms with van der Waals surface area (Å²) in [5.74, 6) is 0.628. The first kappa shape index (κ1) is 16.7. The Bertz CT molecular complexity index is 746. The van der Waals surface area contributed by atoms with Crippen molar-refractivity contribution in [2.24, 2.45) is 13.0 Å². The maximum atomic E-state index is 12.5. The molecule has 1 unspecified atom stereocenters. The van der Waals surface area contributed by atoms with Crippen molar-refractivity contribution in [3.8, 4) is 0 Å². The van der Waals surface area contributed by atoms with Crippen LogP contribution in [0.5, 0.6) is 0 Å². The Balaban J connectivity index is 1.64. The van der Waals surface area contributed by atoms with Crippen LogP contribution in [0.25, 0.3) is 0 Å². The molecule has 0 radical (unpaired) electrons. The number of aryl methyl sites for hydroxylation is 3. The van der Waals surface area contributed by atoms with Crippen LogP contribution in [0.4, 0.5) is 0 Å². The fraction of sp³-hybridized carbons (Fsp3) is 0.526. The molecule has 0 saturated heterocycles. The molecule has 1 saturated carbocycles. The zero-order chi connectivity index (χ0) is 17.3. The summed E-state index contributed by atoms with van der Waals surface area (Å²) < 4.78 is 1.88. The monoisotopic (exact) mass is 326 g/mol. The van der Waals surface area contributed by atoms with E-state index in [9.17, 15) is 4.79 Å². The Kier molecular flexibility index (Phi) is 4.69. The first-order valence-electron chi connectivity index (χ1n) is 8.66. The average Bonchev–Trinajstić information content (AvgIpc) is 3.33. The molecular weight excluding hydrogens is 300 g/mol. The molecule has 1 aliphatic rings. The number of nitrogens with one attached hydrogen (secondary N) is 1. The molecule has 128 valence electrons. The van der Waals surface area contributed by atoms with Crippen LogP contribution in [0.3, 0.4) is 0 Å². The van der Waals surface area contributed by atoms with Gasteiger partial charge in [0, 0.05) is 25.4 Å². The molecule has 1 aliphatic carbocycles. The minimum absolute atomic E-state index is 0.0495. The van der Waals surface area contributed by atoms with E-state index in [0.717, 1.165) is 23.5 Å². The molecule has 3 rings (SSSR count). The van der Waals surface area contributed by atoms with Crippen LogP contribution in [-0.2, 0) is 18.3 Å². The normalized spacial score (nSPS) is 15.3. The molecule has 0 spiro atoms. The maximum Gasteiger partial charge on any atom is 0.220 e. The Morgan fingerprint density at radius 1 is 1.38 bits per heavy atom. The van der Waals surface area contributed by atoms with Gasteiger partial charge < -0.3 is 5.32 Å². The zero-order valence-corrected chi connectivity index (χ0v) is 15.0. The molecule has 1 amide bonds. The quantitative estimate of drug-likeness (QED) is 0.888. The highest BCUT2D eigenvalue weighted by Gasteiger charge is 2.34. The standard InChI is InChI=1S/C19H26N4O/c1-12-9-10-20-17(11-12)19(15-5-6-15)21-18(24)8-7-16-13(2)22-23(4)14(16)3/h9-11,15,19H,5-8H2,1-4H3,(H,21,24). The lowest BCUT2D eigenvalue weighted by Crippen LogP contribution is -2.30. The Morgan fingerprint density at radius 2 is 2.12 bits per heavy atom. The van der Waals surface area contributed by atoms with Crippen molar-refractivity contribution in [3.63, 3.8) is 0 Å². The lowest BCUT2D eigenvalue weighted by molar-refractivity contribution is -0.122. The summed E-state index contributed by atoms with van der Waals surface area (Å²) in [4.78, 5) is 17.0. The van der Waals surface area contributed by atoms with E-state index in [1.165, 1.54) is 24.0 Å². The van der Waals surface area contributed by atoms with Crippen LogP contribution in [-0.4, -0.2) is 20.7 Å². The number of carbonyl (C=O) groups is 1. The van der Waals surface area contributed by atoms with Gasteiger partial charge in [0.2, 0.25) is 5.91 Å². The van der Waals surface area contributed by atoms with Crippen LogP contribution in [0, 0.1) is 26.7 Å².